The lowest BCUT2D eigenvalue weighted by Crippen LogP contribution is -2.30. The van der Waals surface area contributed by atoms with Crippen molar-refractivity contribution < 1.29 is 9.53 Å². The van der Waals surface area contributed by atoms with Gasteiger partial charge in [-0.05, 0) is 37.6 Å². The number of amides is 2. The van der Waals surface area contributed by atoms with Crippen molar-refractivity contribution in [3.63, 3.8) is 0 Å². The Balaban J connectivity index is 2.22. The van der Waals surface area contributed by atoms with E-state index in [0.717, 1.165) is 11.1 Å². The molecule has 0 aliphatic heterocycles. The van der Waals surface area contributed by atoms with Gasteiger partial charge in [-0.1, -0.05) is 43.1 Å². The topological polar surface area (TPSA) is 76.4 Å². The molecule has 0 saturated carbocycles. The van der Waals surface area contributed by atoms with Gasteiger partial charge in [-0.3, -0.25) is 4.72 Å². The first-order chi connectivity index (χ1) is 10.9. The number of carbonyl (C=O) groups is 1. The Labute approximate surface area is 141 Å². The maximum absolute atomic E-state index is 11.4. The van der Waals surface area contributed by atoms with Crippen LogP contribution < -0.4 is 20.5 Å². The van der Waals surface area contributed by atoms with Gasteiger partial charge in [-0.2, -0.15) is 0 Å². The number of anilines is 1. The van der Waals surface area contributed by atoms with Crippen molar-refractivity contribution >= 4 is 24.5 Å². The molecule has 0 aromatic heterocycles. The number of ether oxygens (including phenoxy) is 1. The summed E-state index contributed by atoms with van der Waals surface area (Å²) >= 11 is 3.71. The van der Waals surface area contributed by atoms with Crippen LogP contribution in [0.2, 0.25) is 0 Å². The number of carbonyl (C=O) groups excluding carboxylic acids is 1. The predicted molar refractivity (Wildman–Crippen MR) is 95.6 cm³/mol. The minimum absolute atomic E-state index is 0.410. The van der Waals surface area contributed by atoms with E-state index in [1.165, 1.54) is 0 Å². The second kappa shape index (κ2) is 7.39. The average Bonchev–Trinajstić information content (AvgIpc) is 2.53. The molecule has 2 aromatic carbocycles. The summed E-state index contributed by atoms with van der Waals surface area (Å²) < 4.78 is 8.13. The average molecular weight is 331 g/mol. The summed E-state index contributed by atoms with van der Waals surface area (Å²) in [7, 11) is 0. The SMILES string of the molecule is CC(C)(N)c1cc(NC(=O)NS)ccc1OCc1ccccc1. The molecule has 0 aliphatic rings. The van der Waals surface area contributed by atoms with Crippen LogP contribution in [0, 0.1) is 0 Å². The summed E-state index contributed by atoms with van der Waals surface area (Å²) in [6.07, 6.45) is 0. The Hall–Kier alpha value is -2.18. The molecule has 2 rings (SSSR count). The first-order valence-electron chi connectivity index (χ1n) is 7.21. The third-order valence-corrected chi connectivity index (χ3v) is 3.47. The fraction of sp³-hybridized carbons (Fsp3) is 0.235. The number of rotatable bonds is 5. The Morgan fingerprint density at radius 1 is 1.22 bits per heavy atom. The van der Waals surface area contributed by atoms with E-state index < -0.39 is 11.6 Å². The normalized spacial score (nSPS) is 11.0. The third-order valence-electron chi connectivity index (χ3n) is 3.27. The van der Waals surface area contributed by atoms with E-state index in [1.807, 2.05) is 50.2 Å². The van der Waals surface area contributed by atoms with Gasteiger partial charge in [0.05, 0.1) is 0 Å². The highest BCUT2D eigenvalue weighted by Crippen LogP contribution is 2.31. The van der Waals surface area contributed by atoms with Crippen molar-refractivity contribution in [3.8, 4) is 5.75 Å². The number of nitrogens with one attached hydrogen (secondary N) is 2. The summed E-state index contributed by atoms with van der Waals surface area (Å²) in [5, 5.41) is 2.67. The molecule has 2 amide bonds. The highest BCUT2D eigenvalue weighted by molar-refractivity contribution is 7.78. The maximum atomic E-state index is 11.4. The van der Waals surface area contributed by atoms with Crippen LogP contribution in [-0.4, -0.2) is 6.03 Å². The van der Waals surface area contributed by atoms with Crippen molar-refractivity contribution in [3.05, 3.63) is 59.7 Å². The fourth-order valence-corrected chi connectivity index (χ4v) is 2.19. The van der Waals surface area contributed by atoms with Gasteiger partial charge in [0.15, 0.2) is 0 Å². The summed E-state index contributed by atoms with van der Waals surface area (Å²) in [4.78, 5) is 11.4. The minimum Gasteiger partial charge on any atom is -0.489 e. The maximum Gasteiger partial charge on any atom is 0.329 e. The Bertz CT molecular complexity index is 669. The molecule has 4 N–H and O–H groups in total. The molecule has 0 spiro atoms. The number of hydrogen-bond donors (Lipinski definition) is 4. The monoisotopic (exact) mass is 331 g/mol. The molecule has 23 heavy (non-hydrogen) atoms. The fourth-order valence-electron chi connectivity index (χ4n) is 2.13. The summed E-state index contributed by atoms with van der Waals surface area (Å²) in [6.45, 7) is 4.23. The molecule has 5 nitrogen and oxygen atoms in total. The molecular formula is C17H21N3O2S. The highest BCUT2D eigenvalue weighted by atomic mass is 32.1. The lowest BCUT2D eigenvalue weighted by Gasteiger charge is -2.24. The number of benzene rings is 2. The zero-order chi connectivity index (χ0) is 16.9. The van der Waals surface area contributed by atoms with Crippen molar-refractivity contribution in [2.45, 2.75) is 26.0 Å². The van der Waals surface area contributed by atoms with Gasteiger partial charge in [0.2, 0.25) is 0 Å². The second-order valence-corrected chi connectivity index (χ2v) is 6.00. The molecule has 0 bridgehead atoms. The van der Waals surface area contributed by atoms with Crippen LogP contribution >= 0.6 is 12.8 Å². The van der Waals surface area contributed by atoms with Gasteiger partial charge in [0.1, 0.15) is 12.4 Å². The number of thiol groups is 1. The number of nitrogens with two attached hydrogens (primary N) is 1. The zero-order valence-electron chi connectivity index (χ0n) is 13.2. The van der Waals surface area contributed by atoms with Gasteiger partial charge < -0.3 is 15.8 Å². The molecule has 2 aromatic rings. The molecule has 0 radical (unpaired) electrons. The van der Waals surface area contributed by atoms with E-state index >= 15 is 0 Å². The Morgan fingerprint density at radius 2 is 1.91 bits per heavy atom. The number of hydrogen-bond acceptors (Lipinski definition) is 4. The van der Waals surface area contributed by atoms with E-state index in [2.05, 4.69) is 22.9 Å². The third kappa shape index (κ3) is 4.91. The van der Waals surface area contributed by atoms with E-state index in [0.29, 0.717) is 18.0 Å². The van der Waals surface area contributed by atoms with Crippen molar-refractivity contribution in [1.82, 2.24) is 4.72 Å². The van der Waals surface area contributed by atoms with Crippen LogP contribution in [0.5, 0.6) is 5.75 Å². The van der Waals surface area contributed by atoms with Crippen LogP contribution in [-0.2, 0) is 12.1 Å². The second-order valence-electron chi connectivity index (χ2n) is 5.77. The summed E-state index contributed by atoms with van der Waals surface area (Å²) in [6, 6.07) is 14.9. The molecule has 0 fully saturated rings. The molecule has 6 heteroatoms. The molecule has 0 saturated heterocycles. The van der Waals surface area contributed by atoms with Crippen molar-refractivity contribution in [2.75, 3.05) is 5.32 Å². The Morgan fingerprint density at radius 3 is 2.52 bits per heavy atom. The Kier molecular flexibility index (Phi) is 5.52. The van der Waals surface area contributed by atoms with Gasteiger partial charge in [-0.25, -0.2) is 4.79 Å². The number of urea groups is 1. The lowest BCUT2D eigenvalue weighted by atomic mass is 9.94. The standard InChI is InChI=1S/C17H21N3O2S/c1-17(2,18)14-10-13(19-16(21)20-23)8-9-15(14)22-11-12-6-4-3-5-7-12/h3-10,23H,11,18H2,1-2H3,(H2,19,20,21). The van der Waals surface area contributed by atoms with Crippen LogP contribution in [0.25, 0.3) is 0 Å². The molecule has 122 valence electrons. The first kappa shape index (κ1) is 17.2. The van der Waals surface area contributed by atoms with Gasteiger partial charge in [-0.15, -0.1) is 0 Å². The zero-order valence-corrected chi connectivity index (χ0v) is 14.1. The molecule has 0 heterocycles. The first-order valence-corrected chi connectivity index (χ1v) is 7.66. The van der Waals surface area contributed by atoms with E-state index in [9.17, 15) is 4.79 Å². The summed E-state index contributed by atoms with van der Waals surface area (Å²) in [5.74, 6) is 0.693. The highest BCUT2D eigenvalue weighted by Gasteiger charge is 2.20. The van der Waals surface area contributed by atoms with Gasteiger partial charge in [0.25, 0.3) is 0 Å². The molecular weight excluding hydrogens is 310 g/mol. The van der Waals surface area contributed by atoms with E-state index in [1.54, 1.807) is 12.1 Å². The van der Waals surface area contributed by atoms with Crippen molar-refractivity contribution in [1.29, 1.82) is 0 Å². The van der Waals surface area contributed by atoms with E-state index in [-0.39, 0.29) is 0 Å². The summed E-state index contributed by atoms with van der Waals surface area (Å²) in [5.41, 5.74) is 8.13. The van der Waals surface area contributed by atoms with E-state index in [4.69, 9.17) is 10.5 Å². The molecule has 0 atom stereocenters. The smallest absolute Gasteiger partial charge is 0.329 e. The molecule has 0 aliphatic carbocycles. The molecule has 0 unspecified atom stereocenters. The van der Waals surface area contributed by atoms with Crippen LogP contribution in [0.3, 0.4) is 0 Å². The van der Waals surface area contributed by atoms with Crippen LogP contribution in [0.1, 0.15) is 25.0 Å². The minimum atomic E-state index is -0.610. The van der Waals surface area contributed by atoms with Gasteiger partial charge >= 0.3 is 6.03 Å². The van der Waals surface area contributed by atoms with Crippen molar-refractivity contribution in [2.24, 2.45) is 5.73 Å². The van der Waals surface area contributed by atoms with Crippen LogP contribution in [0.15, 0.2) is 48.5 Å². The largest absolute Gasteiger partial charge is 0.489 e. The van der Waals surface area contributed by atoms with Crippen LogP contribution in [0.4, 0.5) is 10.5 Å². The predicted octanol–water partition coefficient (Wildman–Crippen LogP) is 3.43. The quantitative estimate of drug-likeness (QED) is 0.634. The lowest BCUT2D eigenvalue weighted by molar-refractivity contribution is 0.257. The van der Waals surface area contributed by atoms with Gasteiger partial charge in [0, 0.05) is 16.8 Å².